The van der Waals surface area contributed by atoms with Crippen molar-refractivity contribution in [1.82, 2.24) is 20.6 Å². The summed E-state index contributed by atoms with van der Waals surface area (Å²) in [4.78, 5) is 24.2. The molecule has 0 aliphatic rings. The van der Waals surface area contributed by atoms with Gasteiger partial charge in [0.05, 0.1) is 17.4 Å². The van der Waals surface area contributed by atoms with Gasteiger partial charge in [0, 0.05) is 0 Å². The van der Waals surface area contributed by atoms with Crippen molar-refractivity contribution in [2.75, 3.05) is 6.61 Å². The summed E-state index contributed by atoms with van der Waals surface area (Å²) in [5.41, 5.74) is 4.02. The number of nitrogens with zero attached hydrogens (tertiary/aromatic N) is 2. The third-order valence-corrected chi connectivity index (χ3v) is 4.27. The maximum absolute atomic E-state index is 13.7. The second-order valence-electron chi connectivity index (χ2n) is 6.76. The number of carbonyl (C=O) groups is 2. The van der Waals surface area contributed by atoms with Crippen molar-refractivity contribution >= 4 is 11.8 Å². The molecule has 3 aromatic rings. The third-order valence-electron chi connectivity index (χ3n) is 4.27. The van der Waals surface area contributed by atoms with Crippen LogP contribution in [-0.2, 0) is 11.0 Å². The number of rotatable bonds is 5. The molecule has 2 N–H and O–H groups in total. The molecule has 3 rings (SSSR count). The Morgan fingerprint density at radius 1 is 0.968 bits per heavy atom. The van der Waals surface area contributed by atoms with Crippen molar-refractivity contribution in [1.29, 1.82) is 0 Å². The Bertz CT molecular complexity index is 1070. The number of alkyl halides is 3. The predicted molar refractivity (Wildman–Crippen MR) is 106 cm³/mol. The molecule has 2 amide bonds. The Hall–Kier alpha value is -3.82. The highest BCUT2D eigenvalue weighted by atomic mass is 19.4. The fourth-order valence-electron chi connectivity index (χ4n) is 2.68. The molecular formula is C21H19F3N4O3. The summed E-state index contributed by atoms with van der Waals surface area (Å²) in [5.74, 6) is -1.46. The highest BCUT2D eigenvalue weighted by molar-refractivity contribution is 5.96. The van der Waals surface area contributed by atoms with Gasteiger partial charge in [0.25, 0.3) is 11.8 Å². The molecular weight excluding hydrogens is 413 g/mol. The third kappa shape index (κ3) is 5.41. The summed E-state index contributed by atoms with van der Waals surface area (Å²) in [5, 5.41) is 3.71. The number of amides is 2. The molecule has 0 spiro atoms. The van der Waals surface area contributed by atoms with Gasteiger partial charge in [0.1, 0.15) is 5.75 Å². The molecule has 0 aliphatic carbocycles. The lowest BCUT2D eigenvalue weighted by Crippen LogP contribution is -2.44. The normalized spacial score (nSPS) is 11.1. The predicted octanol–water partition coefficient (Wildman–Crippen LogP) is 3.35. The Morgan fingerprint density at radius 3 is 2.13 bits per heavy atom. The van der Waals surface area contributed by atoms with E-state index in [1.54, 1.807) is 43.3 Å². The fraction of sp³-hybridized carbons (Fsp3) is 0.190. The summed E-state index contributed by atoms with van der Waals surface area (Å²) >= 11 is 0. The van der Waals surface area contributed by atoms with Gasteiger partial charge >= 0.3 is 6.18 Å². The van der Waals surface area contributed by atoms with Crippen LogP contribution in [0.15, 0.2) is 54.7 Å². The van der Waals surface area contributed by atoms with E-state index in [4.69, 9.17) is 4.74 Å². The molecule has 7 nitrogen and oxygen atoms in total. The zero-order chi connectivity index (χ0) is 22.6. The molecule has 31 heavy (non-hydrogen) atoms. The number of carbonyl (C=O) groups excluding carboxylic acids is 2. The summed E-state index contributed by atoms with van der Waals surface area (Å²) in [6.07, 6.45) is -4.06. The van der Waals surface area contributed by atoms with Crippen molar-refractivity contribution in [3.8, 4) is 11.4 Å². The highest BCUT2D eigenvalue weighted by Crippen LogP contribution is 2.33. The molecule has 1 aromatic heterocycles. The van der Waals surface area contributed by atoms with E-state index in [2.05, 4.69) is 5.10 Å². The Balaban J connectivity index is 1.69. The van der Waals surface area contributed by atoms with Gasteiger partial charge in [0.15, 0.2) is 12.3 Å². The number of aryl methyl sites for hydroxylation is 2. The average Bonchev–Trinajstić information content (AvgIpc) is 3.18. The molecule has 0 saturated heterocycles. The minimum atomic E-state index is -4.85. The summed E-state index contributed by atoms with van der Waals surface area (Å²) in [6, 6.07) is 13.1. The topological polar surface area (TPSA) is 85.2 Å². The van der Waals surface area contributed by atoms with Crippen LogP contribution in [0, 0.1) is 13.8 Å². The van der Waals surface area contributed by atoms with Crippen LogP contribution in [0.1, 0.15) is 27.2 Å². The first-order valence-electron chi connectivity index (χ1n) is 9.16. The molecule has 0 saturated carbocycles. The van der Waals surface area contributed by atoms with Crippen molar-refractivity contribution in [3.63, 3.8) is 0 Å². The number of benzene rings is 2. The molecule has 0 bridgehead atoms. The number of hydrazine groups is 1. The summed E-state index contributed by atoms with van der Waals surface area (Å²) in [6.45, 7) is 3.25. The molecule has 0 atom stereocenters. The maximum Gasteiger partial charge on any atom is 0.434 e. The van der Waals surface area contributed by atoms with Crippen LogP contribution in [0.2, 0.25) is 0 Å². The lowest BCUT2D eigenvalue weighted by molar-refractivity contribution is -0.143. The van der Waals surface area contributed by atoms with Crippen LogP contribution >= 0.6 is 0 Å². The van der Waals surface area contributed by atoms with Crippen molar-refractivity contribution < 1.29 is 27.5 Å². The molecule has 0 aliphatic heterocycles. The van der Waals surface area contributed by atoms with Crippen LogP contribution in [-0.4, -0.2) is 28.2 Å². The number of ether oxygens (including phenoxy) is 1. The number of halogens is 3. The zero-order valence-electron chi connectivity index (χ0n) is 16.7. The monoisotopic (exact) mass is 432 g/mol. The highest BCUT2D eigenvalue weighted by Gasteiger charge is 2.40. The quantitative estimate of drug-likeness (QED) is 0.606. The van der Waals surface area contributed by atoms with Crippen molar-refractivity contribution in [2.45, 2.75) is 20.0 Å². The van der Waals surface area contributed by atoms with Crippen LogP contribution in [0.5, 0.6) is 5.75 Å². The molecule has 10 heteroatoms. The van der Waals surface area contributed by atoms with E-state index in [-0.39, 0.29) is 5.69 Å². The van der Waals surface area contributed by atoms with Crippen LogP contribution < -0.4 is 15.6 Å². The van der Waals surface area contributed by atoms with E-state index in [1.165, 1.54) is 12.1 Å². The average molecular weight is 432 g/mol. The molecule has 1 heterocycles. The number of nitrogens with one attached hydrogen (secondary N) is 2. The van der Waals surface area contributed by atoms with Crippen LogP contribution in [0.25, 0.3) is 5.69 Å². The van der Waals surface area contributed by atoms with Gasteiger partial charge in [-0.05, 0) is 38.1 Å². The van der Waals surface area contributed by atoms with Gasteiger partial charge in [-0.15, -0.1) is 0 Å². The number of hydrogen-bond donors (Lipinski definition) is 2. The smallest absolute Gasteiger partial charge is 0.434 e. The molecule has 2 aromatic carbocycles. The lowest BCUT2D eigenvalue weighted by atomic mass is 10.2. The minimum Gasteiger partial charge on any atom is -0.484 e. The van der Waals surface area contributed by atoms with Gasteiger partial charge < -0.3 is 4.74 Å². The minimum absolute atomic E-state index is 0.146. The van der Waals surface area contributed by atoms with E-state index >= 15 is 0 Å². The standard InChI is InChI=1S/C21H19F3N4O3/c1-13-3-7-15(8-4-13)28-19(21(22,23)24)17(11-25-28)20(30)27-26-18(29)12-31-16-9-5-14(2)6-10-16/h3-11H,12H2,1-2H3,(H,26,29)(H,27,30). The fourth-order valence-corrected chi connectivity index (χ4v) is 2.68. The van der Waals surface area contributed by atoms with Crippen molar-refractivity contribution in [3.05, 3.63) is 77.1 Å². The Morgan fingerprint density at radius 2 is 1.55 bits per heavy atom. The summed E-state index contributed by atoms with van der Waals surface area (Å²) < 4.78 is 46.9. The van der Waals surface area contributed by atoms with E-state index in [1.807, 2.05) is 17.8 Å². The second kappa shape index (κ2) is 8.90. The molecule has 0 unspecified atom stereocenters. The molecule has 162 valence electrons. The lowest BCUT2D eigenvalue weighted by Gasteiger charge is -2.13. The summed E-state index contributed by atoms with van der Waals surface area (Å²) in [7, 11) is 0. The number of aromatic nitrogens is 2. The second-order valence-corrected chi connectivity index (χ2v) is 6.76. The van der Waals surface area contributed by atoms with E-state index in [9.17, 15) is 22.8 Å². The van der Waals surface area contributed by atoms with E-state index in [0.717, 1.165) is 17.3 Å². The zero-order valence-corrected chi connectivity index (χ0v) is 16.7. The SMILES string of the molecule is Cc1ccc(OCC(=O)NNC(=O)c2cnn(-c3ccc(C)cc3)c2C(F)(F)F)cc1. The van der Waals surface area contributed by atoms with E-state index < -0.39 is 35.9 Å². The van der Waals surface area contributed by atoms with Gasteiger partial charge in [-0.3, -0.25) is 20.4 Å². The first-order valence-corrected chi connectivity index (χ1v) is 9.16. The number of hydrogen-bond acceptors (Lipinski definition) is 4. The largest absolute Gasteiger partial charge is 0.484 e. The first kappa shape index (κ1) is 21.9. The van der Waals surface area contributed by atoms with Crippen LogP contribution in [0.3, 0.4) is 0 Å². The van der Waals surface area contributed by atoms with Gasteiger partial charge in [0.2, 0.25) is 0 Å². The van der Waals surface area contributed by atoms with Crippen LogP contribution in [0.4, 0.5) is 13.2 Å². The molecule has 0 fully saturated rings. The van der Waals surface area contributed by atoms with Gasteiger partial charge in [-0.1, -0.05) is 35.4 Å². The Labute approximate surface area is 175 Å². The maximum atomic E-state index is 13.7. The van der Waals surface area contributed by atoms with Gasteiger partial charge in [-0.2, -0.15) is 18.3 Å². The molecule has 0 radical (unpaired) electrons. The first-order chi connectivity index (χ1) is 14.6. The van der Waals surface area contributed by atoms with E-state index in [0.29, 0.717) is 10.4 Å². The van der Waals surface area contributed by atoms with Gasteiger partial charge in [-0.25, -0.2) is 4.68 Å². The Kier molecular flexibility index (Phi) is 6.28. The van der Waals surface area contributed by atoms with Crippen molar-refractivity contribution in [2.24, 2.45) is 0 Å².